The van der Waals surface area contributed by atoms with Crippen LogP contribution in [0.2, 0.25) is 0 Å². The summed E-state index contributed by atoms with van der Waals surface area (Å²) >= 11 is -0.244. The Bertz CT molecular complexity index is 311. The van der Waals surface area contributed by atoms with Crippen molar-refractivity contribution < 1.29 is 13.2 Å². The molecule has 2 nitrogen and oxygen atoms in total. The van der Waals surface area contributed by atoms with E-state index in [0.717, 1.165) is 0 Å². The normalized spacial score (nSPS) is 11.6. The summed E-state index contributed by atoms with van der Waals surface area (Å²) in [5, 5.41) is 0. The van der Waals surface area contributed by atoms with Gasteiger partial charge in [-0.3, -0.25) is 0 Å². The third kappa shape index (κ3) is 3.06. The van der Waals surface area contributed by atoms with E-state index in [0.29, 0.717) is 5.69 Å². The minimum Gasteiger partial charge on any atom is -0.399 e. The van der Waals surface area contributed by atoms with Gasteiger partial charge < -0.3 is 11.5 Å². The standard InChI is InChI=1S/C7H7F3N2S/c8-7(9,10)13-6-2-1-4(11)3-5(6)12/h1-3H,11-12H2. The van der Waals surface area contributed by atoms with Crippen molar-refractivity contribution in [3.05, 3.63) is 18.2 Å². The largest absolute Gasteiger partial charge is 0.446 e. The van der Waals surface area contributed by atoms with Gasteiger partial charge in [-0.15, -0.1) is 0 Å². The van der Waals surface area contributed by atoms with E-state index in [-0.39, 0.29) is 22.3 Å². The zero-order chi connectivity index (χ0) is 10.1. The molecule has 0 saturated heterocycles. The smallest absolute Gasteiger partial charge is 0.399 e. The maximum absolute atomic E-state index is 11.9. The molecule has 13 heavy (non-hydrogen) atoms. The molecule has 0 spiro atoms. The first kappa shape index (κ1) is 10.0. The average molecular weight is 208 g/mol. The molecule has 1 aromatic rings. The van der Waals surface area contributed by atoms with E-state index in [4.69, 9.17) is 11.5 Å². The van der Waals surface area contributed by atoms with E-state index in [1.54, 1.807) is 0 Å². The first-order valence-electron chi connectivity index (χ1n) is 3.29. The lowest BCUT2D eigenvalue weighted by Gasteiger charge is -2.08. The van der Waals surface area contributed by atoms with Crippen molar-refractivity contribution in [3.8, 4) is 0 Å². The molecular formula is C7H7F3N2S. The summed E-state index contributed by atoms with van der Waals surface area (Å²) in [5.41, 5.74) is 6.73. The molecule has 0 saturated carbocycles. The van der Waals surface area contributed by atoms with Crippen molar-refractivity contribution in [1.82, 2.24) is 0 Å². The number of rotatable bonds is 1. The van der Waals surface area contributed by atoms with E-state index in [1.165, 1.54) is 18.2 Å². The highest BCUT2D eigenvalue weighted by atomic mass is 32.2. The zero-order valence-electron chi connectivity index (χ0n) is 6.43. The van der Waals surface area contributed by atoms with Gasteiger partial charge in [0.1, 0.15) is 0 Å². The van der Waals surface area contributed by atoms with E-state index >= 15 is 0 Å². The Balaban J connectivity index is 2.90. The SMILES string of the molecule is Nc1ccc(SC(F)(F)F)c(N)c1. The Morgan fingerprint density at radius 1 is 1.15 bits per heavy atom. The zero-order valence-corrected chi connectivity index (χ0v) is 7.25. The molecule has 0 aliphatic rings. The van der Waals surface area contributed by atoms with Gasteiger partial charge in [0, 0.05) is 16.3 Å². The molecule has 0 fully saturated rings. The lowest BCUT2D eigenvalue weighted by molar-refractivity contribution is -0.0327. The summed E-state index contributed by atoms with van der Waals surface area (Å²) in [5.74, 6) is 0. The predicted octanol–water partition coefficient (Wildman–Crippen LogP) is 2.46. The molecule has 0 unspecified atom stereocenters. The third-order valence-corrected chi connectivity index (χ3v) is 2.08. The van der Waals surface area contributed by atoms with Crippen LogP contribution >= 0.6 is 11.8 Å². The van der Waals surface area contributed by atoms with Crippen molar-refractivity contribution in [3.63, 3.8) is 0 Å². The van der Waals surface area contributed by atoms with Gasteiger partial charge in [-0.05, 0) is 30.0 Å². The van der Waals surface area contributed by atoms with Gasteiger partial charge in [0.2, 0.25) is 0 Å². The molecule has 0 aliphatic carbocycles. The summed E-state index contributed by atoms with van der Waals surface area (Å²) < 4.78 is 35.7. The van der Waals surface area contributed by atoms with Crippen LogP contribution in [0.5, 0.6) is 0 Å². The van der Waals surface area contributed by atoms with E-state index in [2.05, 4.69) is 0 Å². The van der Waals surface area contributed by atoms with Crippen LogP contribution in [0.15, 0.2) is 23.1 Å². The monoisotopic (exact) mass is 208 g/mol. The molecule has 6 heteroatoms. The van der Waals surface area contributed by atoms with E-state index in [9.17, 15) is 13.2 Å². The fraction of sp³-hybridized carbons (Fsp3) is 0.143. The molecule has 0 aromatic heterocycles. The molecule has 0 heterocycles. The molecule has 4 N–H and O–H groups in total. The van der Waals surface area contributed by atoms with Gasteiger partial charge in [0.15, 0.2) is 0 Å². The second kappa shape index (κ2) is 3.37. The summed E-state index contributed by atoms with van der Waals surface area (Å²) in [6.07, 6.45) is 0. The van der Waals surface area contributed by atoms with Gasteiger partial charge in [-0.1, -0.05) is 0 Å². The molecule has 0 amide bonds. The minimum absolute atomic E-state index is 0.0262. The molecule has 72 valence electrons. The maximum atomic E-state index is 11.9. The highest BCUT2D eigenvalue weighted by molar-refractivity contribution is 8.00. The molecule has 0 aliphatic heterocycles. The van der Waals surface area contributed by atoms with Crippen LogP contribution in [0, 0.1) is 0 Å². The van der Waals surface area contributed by atoms with Crippen LogP contribution in [0.25, 0.3) is 0 Å². The van der Waals surface area contributed by atoms with E-state index in [1.807, 2.05) is 0 Å². The number of hydrogen-bond acceptors (Lipinski definition) is 3. The lowest BCUT2D eigenvalue weighted by atomic mass is 10.3. The summed E-state index contributed by atoms with van der Waals surface area (Å²) in [7, 11) is 0. The summed E-state index contributed by atoms with van der Waals surface area (Å²) in [6.45, 7) is 0. The second-order valence-electron chi connectivity index (χ2n) is 2.35. The number of nitrogens with two attached hydrogens (primary N) is 2. The van der Waals surface area contributed by atoms with Crippen LogP contribution in [-0.4, -0.2) is 5.51 Å². The van der Waals surface area contributed by atoms with Crippen molar-refractivity contribution in [2.75, 3.05) is 11.5 Å². The van der Waals surface area contributed by atoms with Crippen molar-refractivity contribution in [2.45, 2.75) is 10.4 Å². The minimum atomic E-state index is -4.32. The predicted molar refractivity (Wildman–Crippen MR) is 47.2 cm³/mol. The van der Waals surface area contributed by atoms with Crippen LogP contribution < -0.4 is 11.5 Å². The van der Waals surface area contributed by atoms with Crippen LogP contribution in [0.4, 0.5) is 24.5 Å². The van der Waals surface area contributed by atoms with Crippen LogP contribution in [-0.2, 0) is 0 Å². The molecule has 1 rings (SSSR count). The Hall–Kier alpha value is -1.04. The number of anilines is 2. The number of hydrogen-bond donors (Lipinski definition) is 2. The maximum Gasteiger partial charge on any atom is 0.446 e. The summed E-state index contributed by atoms with van der Waals surface area (Å²) in [4.78, 5) is -0.0262. The molecule has 0 bridgehead atoms. The van der Waals surface area contributed by atoms with Gasteiger partial charge in [0.05, 0.1) is 0 Å². The van der Waals surface area contributed by atoms with Crippen molar-refractivity contribution in [2.24, 2.45) is 0 Å². The molecule has 0 radical (unpaired) electrons. The lowest BCUT2D eigenvalue weighted by Crippen LogP contribution is -2.01. The Morgan fingerprint density at radius 2 is 1.77 bits per heavy atom. The van der Waals surface area contributed by atoms with Crippen molar-refractivity contribution in [1.29, 1.82) is 0 Å². The highest BCUT2D eigenvalue weighted by Gasteiger charge is 2.30. The van der Waals surface area contributed by atoms with Crippen molar-refractivity contribution >= 4 is 23.1 Å². The first-order valence-corrected chi connectivity index (χ1v) is 4.11. The topological polar surface area (TPSA) is 52.0 Å². The van der Waals surface area contributed by atoms with Crippen LogP contribution in [0.3, 0.4) is 0 Å². The highest BCUT2D eigenvalue weighted by Crippen LogP contribution is 2.39. The van der Waals surface area contributed by atoms with E-state index < -0.39 is 5.51 Å². The molecule has 0 atom stereocenters. The fourth-order valence-electron chi connectivity index (χ4n) is 0.785. The summed E-state index contributed by atoms with van der Waals surface area (Å²) in [6, 6.07) is 3.93. The van der Waals surface area contributed by atoms with Crippen LogP contribution in [0.1, 0.15) is 0 Å². The molecular weight excluding hydrogens is 201 g/mol. The number of thioether (sulfide) groups is 1. The Kier molecular flexibility index (Phi) is 2.60. The number of benzene rings is 1. The second-order valence-corrected chi connectivity index (χ2v) is 3.45. The third-order valence-electron chi connectivity index (χ3n) is 1.26. The molecule has 1 aromatic carbocycles. The number of halogens is 3. The van der Waals surface area contributed by atoms with Gasteiger partial charge in [0.25, 0.3) is 0 Å². The van der Waals surface area contributed by atoms with Gasteiger partial charge in [-0.25, -0.2) is 0 Å². The number of alkyl halides is 3. The fourth-order valence-corrected chi connectivity index (χ4v) is 1.35. The van der Waals surface area contributed by atoms with Gasteiger partial charge in [-0.2, -0.15) is 13.2 Å². The average Bonchev–Trinajstić information content (AvgIpc) is 1.93. The Morgan fingerprint density at radius 3 is 2.23 bits per heavy atom. The first-order chi connectivity index (χ1) is 5.88. The quantitative estimate of drug-likeness (QED) is 0.550. The Labute approximate surface area is 77.1 Å². The van der Waals surface area contributed by atoms with Gasteiger partial charge >= 0.3 is 5.51 Å². The number of nitrogen functional groups attached to an aromatic ring is 2.